The Hall–Kier alpha value is -2.56. The molecule has 0 spiro atoms. The van der Waals surface area contributed by atoms with E-state index in [0.29, 0.717) is 11.5 Å². The van der Waals surface area contributed by atoms with Crippen molar-refractivity contribution in [1.82, 2.24) is 10.2 Å². The molecule has 5 nitrogen and oxygen atoms in total. The van der Waals surface area contributed by atoms with Gasteiger partial charge in [-0.05, 0) is 12.1 Å². The molecule has 0 aliphatic carbocycles. The normalized spacial score (nSPS) is 10.8. The van der Waals surface area contributed by atoms with Crippen molar-refractivity contribution in [1.29, 1.82) is 0 Å². The van der Waals surface area contributed by atoms with Crippen molar-refractivity contribution >= 4 is 16.9 Å². The van der Waals surface area contributed by atoms with Gasteiger partial charge in [0, 0.05) is 11.5 Å². The minimum Gasteiger partial charge on any atom is -0.476 e. The second-order valence-electron chi connectivity index (χ2n) is 3.62. The molecule has 0 radical (unpaired) electrons. The minimum absolute atomic E-state index is 0.0274. The molecule has 0 aliphatic heterocycles. The number of aromatic nitrogens is 2. The lowest BCUT2D eigenvalue weighted by Crippen LogP contribution is -1.95. The van der Waals surface area contributed by atoms with Gasteiger partial charge in [-0.15, -0.1) is 0 Å². The maximum atomic E-state index is 10.7. The zero-order chi connectivity index (χ0) is 11.8. The fourth-order valence-corrected chi connectivity index (χ4v) is 1.67. The number of rotatable bonds is 2. The van der Waals surface area contributed by atoms with Crippen molar-refractivity contribution in [2.75, 3.05) is 0 Å². The van der Waals surface area contributed by atoms with Gasteiger partial charge in [0.1, 0.15) is 11.3 Å². The molecule has 17 heavy (non-hydrogen) atoms. The average molecular weight is 228 g/mol. The molecule has 0 bridgehead atoms. The fourth-order valence-electron chi connectivity index (χ4n) is 1.67. The number of furan rings is 1. The molecule has 0 saturated carbocycles. The van der Waals surface area contributed by atoms with Gasteiger partial charge < -0.3 is 9.52 Å². The van der Waals surface area contributed by atoms with Crippen LogP contribution in [0.25, 0.3) is 22.4 Å². The topological polar surface area (TPSA) is 79.1 Å². The van der Waals surface area contributed by atoms with Gasteiger partial charge >= 0.3 is 5.97 Å². The number of carboxylic acids is 1. The SMILES string of the molecule is O=C(O)c1cc(-c2cc3ccccc3o2)[nH]n1. The number of nitrogens with zero attached hydrogens (tertiary/aromatic N) is 1. The third kappa shape index (κ3) is 1.57. The summed E-state index contributed by atoms with van der Waals surface area (Å²) in [6.45, 7) is 0. The van der Waals surface area contributed by atoms with Crippen LogP contribution in [-0.4, -0.2) is 21.3 Å². The number of aromatic carboxylic acids is 1. The van der Waals surface area contributed by atoms with E-state index in [1.807, 2.05) is 30.3 Å². The molecule has 0 unspecified atom stereocenters. The molecular formula is C12H8N2O3. The van der Waals surface area contributed by atoms with Gasteiger partial charge in [0.25, 0.3) is 0 Å². The predicted molar refractivity (Wildman–Crippen MR) is 60.8 cm³/mol. The first kappa shape index (κ1) is 9.65. The van der Waals surface area contributed by atoms with Crippen molar-refractivity contribution in [2.45, 2.75) is 0 Å². The first-order chi connectivity index (χ1) is 8.24. The lowest BCUT2D eigenvalue weighted by Gasteiger charge is -1.87. The molecule has 3 rings (SSSR count). The lowest BCUT2D eigenvalue weighted by atomic mass is 10.2. The van der Waals surface area contributed by atoms with E-state index in [2.05, 4.69) is 10.2 Å². The molecule has 1 aromatic carbocycles. The number of carbonyl (C=O) groups is 1. The molecular weight excluding hydrogens is 220 g/mol. The minimum atomic E-state index is -1.07. The van der Waals surface area contributed by atoms with Crippen molar-refractivity contribution in [2.24, 2.45) is 0 Å². The number of nitrogens with one attached hydrogen (secondary N) is 1. The van der Waals surface area contributed by atoms with Gasteiger partial charge in [-0.1, -0.05) is 18.2 Å². The second-order valence-corrected chi connectivity index (χ2v) is 3.62. The standard InChI is InChI=1S/C12H8N2O3/c15-12(16)9-6-8(13-14-9)11-5-7-3-1-2-4-10(7)17-11/h1-6H,(H,13,14)(H,15,16). The van der Waals surface area contributed by atoms with Crippen molar-refractivity contribution in [3.63, 3.8) is 0 Å². The lowest BCUT2D eigenvalue weighted by molar-refractivity contribution is 0.0690. The summed E-state index contributed by atoms with van der Waals surface area (Å²) in [4.78, 5) is 10.7. The Bertz CT molecular complexity index is 663. The van der Waals surface area contributed by atoms with E-state index >= 15 is 0 Å². The Balaban J connectivity index is 2.10. The maximum absolute atomic E-state index is 10.7. The van der Waals surface area contributed by atoms with Crippen molar-refractivity contribution in [3.05, 3.63) is 42.1 Å². The summed E-state index contributed by atoms with van der Waals surface area (Å²) in [5.74, 6) is -0.491. The molecule has 5 heteroatoms. The summed E-state index contributed by atoms with van der Waals surface area (Å²) in [7, 11) is 0. The highest BCUT2D eigenvalue weighted by Gasteiger charge is 2.12. The summed E-state index contributed by atoms with van der Waals surface area (Å²) in [5.41, 5.74) is 1.29. The Kier molecular flexibility index (Phi) is 1.98. The highest BCUT2D eigenvalue weighted by Crippen LogP contribution is 2.26. The summed E-state index contributed by atoms with van der Waals surface area (Å²) >= 11 is 0. The number of benzene rings is 1. The number of para-hydroxylation sites is 1. The first-order valence-corrected chi connectivity index (χ1v) is 5.02. The van der Waals surface area contributed by atoms with E-state index in [9.17, 15) is 4.79 Å². The fraction of sp³-hybridized carbons (Fsp3) is 0. The number of hydrogen-bond donors (Lipinski definition) is 2. The zero-order valence-corrected chi connectivity index (χ0v) is 8.68. The summed E-state index contributed by atoms with van der Waals surface area (Å²) in [5, 5.41) is 16.1. The number of carboxylic acid groups (broad SMARTS) is 1. The van der Waals surface area contributed by atoms with Gasteiger partial charge in [0.2, 0.25) is 0 Å². The molecule has 0 amide bonds. The van der Waals surface area contributed by atoms with E-state index in [-0.39, 0.29) is 5.69 Å². The second kappa shape index (κ2) is 3.48. The first-order valence-electron chi connectivity index (χ1n) is 5.02. The van der Waals surface area contributed by atoms with E-state index in [1.54, 1.807) is 0 Å². The average Bonchev–Trinajstić information content (AvgIpc) is 2.95. The molecule has 2 N–H and O–H groups in total. The molecule has 0 aliphatic rings. The Labute approximate surface area is 95.7 Å². The van der Waals surface area contributed by atoms with Gasteiger partial charge in [0.05, 0.1) is 0 Å². The quantitative estimate of drug-likeness (QED) is 0.706. The Morgan fingerprint density at radius 1 is 1.29 bits per heavy atom. The molecule has 0 fully saturated rings. The molecule has 3 aromatic rings. The van der Waals surface area contributed by atoms with Gasteiger partial charge in [-0.25, -0.2) is 4.79 Å². The monoisotopic (exact) mass is 228 g/mol. The zero-order valence-electron chi connectivity index (χ0n) is 8.68. The van der Waals surface area contributed by atoms with Crippen LogP contribution in [-0.2, 0) is 0 Å². The van der Waals surface area contributed by atoms with Crippen LogP contribution >= 0.6 is 0 Å². The van der Waals surface area contributed by atoms with Gasteiger partial charge in [-0.2, -0.15) is 5.10 Å². The molecule has 84 valence electrons. The molecule has 0 saturated heterocycles. The number of aromatic amines is 1. The summed E-state index contributed by atoms with van der Waals surface area (Å²) in [6, 6.07) is 10.9. The maximum Gasteiger partial charge on any atom is 0.356 e. The van der Waals surface area contributed by atoms with Crippen LogP contribution in [0.2, 0.25) is 0 Å². The highest BCUT2D eigenvalue weighted by atomic mass is 16.4. The molecule has 0 atom stereocenters. The van der Waals surface area contributed by atoms with Crippen LogP contribution in [0.15, 0.2) is 40.8 Å². The third-order valence-electron chi connectivity index (χ3n) is 2.49. The summed E-state index contributed by atoms with van der Waals surface area (Å²) < 4.78 is 5.58. The van der Waals surface area contributed by atoms with E-state index in [1.165, 1.54) is 6.07 Å². The van der Waals surface area contributed by atoms with E-state index < -0.39 is 5.97 Å². The van der Waals surface area contributed by atoms with Crippen LogP contribution in [0, 0.1) is 0 Å². The van der Waals surface area contributed by atoms with E-state index in [4.69, 9.17) is 9.52 Å². The van der Waals surface area contributed by atoms with Crippen molar-refractivity contribution in [3.8, 4) is 11.5 Å². The third-order valence-corrected chi connectivity index (χ3v) is 2.49. The van der Waals surface area contributed by atoms with Crippen LogP contribution in [0.1, 0.15) is 10.5 Å². The Morgan fingerprint density at radius 2 is 2.12 bits per heavy atom. The number of hydrogen-bond acceptors (Lipinski definition) is 3. The highest BCUT2D eigenvalue weighted by molar-refractivity contribution is 5.87. The van der Waals surface area contributed by atoms with Gasteiger partial charge in [0.15, 0.2) is 11.5 Å². The largest absolute Gasteiger partial charge is 0.476 e. The smallest absolute Gasteiger partial charge is 0.356 e. The van der Waals surface area contributed by atoms with Crippen LogP contribution < -0.4 is 0 Å². The number of fused-ring (bicyclic) bond motifs is 1. The molecule has 2 heterocycles. The Morgan fingerprint density at radius 3 is 2.82 bits per heavy atom. The van der Waals surface area contributed by atoms with Crippen LogP contribution in [0.3, 0.4) is 0 Å². The summed E-state index contributed by atoms with van der Waals surface area (Å²) in [6.07, 6.45) is 0. The molecule has 2 aromatic heterocycles. The van der Waals surface area contributed by atoms with Crippen LogP contribution in [0.5, 0.6) is 0 Å². The van der Waals surface area contributed by atoms with Crippen molar-refractivity contribution < 1.29 is 14.3 Å². The predicted octanol–water partition coefficient (Wildman–Crippen LogP) is 2.52. The van der Waals surface area contributed by atoms with E-state index in [0.717, 1.165) is 11.0 Å². The number of H-pyrrole nitrogens is 1. The van der Waals surface area contributed by atoms with Gasteiger partial charge in [-0.3, -0.25) is 5.10 Å². The van der Waals surface area contributed by atoms with Crippen LogP contribution in [0.4, 0.5) is 0 Å².